The zero-order chi connectivity index (χ0) is 18.3. The molecule has 0 aliphatic carbocycles. The summed E-state index contributed by atoms with van der Waals surface area (Å²) in [6.07, 6.45) is 12.3. The molecule has 0 radical (unpaired) electrons. The summed E-state index contributed by atoms with van der Waals surface area (Å²) in [7, 11) is 0. The van der Waals surface area contributed by atoms with E-state index in [2.05, 4.69) is 13.8 Å². The molecule has 4 nitrogen and oxygen atoms in total. The van der Waals surface area contributed by atoms with Gasteiger partial charge in [-0.25, -0.2) is 0 Å². The first-order valence-electron chi connectivity index (χ1n) is 9.81. The zero-order valence-electron chi connectivity index (χ0n) is 16.3. The smallest absolute Gasteiger partial charge is 0.322 e. The predicted octanol–water partition coefficient (Wildman–Crippen LogP) is 5.43. The molecule has 0 aliphatic heterocycles. The monoisotopic (exact) mass is 342 g/mol. The molecular formula is C20H38O4. The molecule has 0 saturated carbocycles. The lowest BCUT2D eigenvalue weighted by atomic mass is 9.94. The highest BCUT2D eigenvalue weighted by Crippen LogP contribution is 2.20. The van der Waals surface area contributed by atoms with E-state index in [1.165, 1.54) is 38.5 Å². The van der Waals surface area contributed by atoms with Crippen LogP contribution >= 0.6 is 0 Å². The van der Waals surface area contributed by atoms with E-state index in [1.807, 2.05) is 0 Å². The molecule has 0 bridgehead atoms. The molecule has 0 fully saturated rings. The molecule has 24 heavy (non-hydrogen) atoms. The second-order valence-corrected chi connectivity index (χ2v) is 7.08. The van der Waals surface area contributed by atoms with Crippen LogP contribution in [-0.2, 0) is 19.1 Å². The third kappa shape index (κ3) is 10.7. The summed E-state index contributed by atoms with van der Waals surface area (Å²) in [5.41, 5.74) is -1.22. The van der Waals surface area contributed by atoms with Crippen molar-refractivity contribution in [2.75, 3.05) is 13.2 Å². The van der Waals surface area contributed by atoms with Crippen LogP contribution in [0.2, 0.25) is 0 Å². The summed E-state index contributed by atoms with van der Waals surface area (Å²) in [6.45, 7) is 8.29. The van der Waals surface area contributed by atoms with Crippen molar-refractivity contribution < 1.29 is 19.1 Å². The fraction of sp³-hybridized carbons (Fsp3) is 0.900. The van der Waals surface area contributed by atoms with E-state index in [-0.39, 0.29) is 0 Å². The van der Waals surface area contributed by atoms with E-state index in [4.69, 9.17) is 9.47 Å². The van der Waals surface area contributed by atoms with Crippen LogP contribution in [0, 0.1) is 5.41 Å². The van der Waals surface area contributed by atoms with Crippen LogP contribution in [0.25, 0.3) is 0 Å². The summed E-state index contributed by atoms with van der Waals surface area (Å²) >= 11 is 0. The quantitative estimate of drug-likeness (QED) is 0.226. The van der Waals surface area contributed by atoms with Crippen LogP contribution in [0.5, 0.6) is 0 Å². The molecule has 0 N–H and O–H groups in total. The number of carbonyl (C=O) groups is 2. The molecule has 142 valence electrons. The third-order valence-electron chi connectivity index (χ3n) is 4.23. The third-order valence-corrected chi connectivity index (χ3v) is 4.23. The fourth-order valence-corrected chi connectivity index (χ4v) is 2.36. The van der Waals surface area contributed by atoms with Gasteiger partial charge >= 0.3 is 11.9 Å². The average Bonchev–Trinajstić information content (AvgIpc) is 2.56. The first kappa shape index (κ1) is 22.9. The molecule has 0 aliphatic rings. The van der Waals surface area contributed by atoms with Crippen molar-refractivity contribution in [1.29, 1.82) is 0 Å². The Kier molecular flexibility index (Phi) is 13.7. The molecule has 0 aromatic carbocycles. The van der Waals surface area contributed by atoms with Crippen molar-refractivity contribution in [3.63, 3.8) is 0 Å². The standard InChI is InChI=1S/C20H38O4/c1-5-7-9-11-13-15-17-24-19(22)20(3,4)18(21)23-16-14-12-10-8-6-2/h5-17H2,1-4H3. The lowest BCUT2D eigenvalue weighted by molar-refractivity contribution is -0.169. The van der Waals surface area contributed by atoms with Gasteiger partial charge in [-0.3, -0.25) is 9.59 Å². The summed E-state index contributed by atoms with van der Waals surface area (Å²) in [6, 6.07) is 0. The molecule has 0 unspecified atom stereocenters. The highest BCUT2D eigenvalue weighted by atomic mass is 16.6. The van der Waals surface area contributed by atoms with Gasteiger partial charge < -0.3 is 9.47 Å². The van der Waals surface area contributed by atoms with Crippen molar-refractivity contribution >= 4 is 11.9 Å². The molecule has 0 saturated heterocycles. The van der Waals surface area contributed by atoms with Crippen molar-refractivity contribution in [2.45, 2.75) is 98.3 Å². The zero-order valence-corrected chi connectivity index (χ0v) is 16.3. The topological polar surface area (TPSA) is 52.6 Å². The van der Waals surface area contributed by atoms with Gasteiger partial charge in [-0.05, 0) is 26.7 Å². The van der Waals surface area contributed by atoms with Gasteiger partial charge in [-0.15, -0.1) is 0 Å². The van der Waals surface area contributed by atoms with E-state index < -0.39 is 17.4 Å². The molecular weight excluding hydrogens is 304 g/mol. The number of hydrogen-bond donors (Lipinski definition) is 0. The maximum Gasteiger partial charge on any atom is 0.322 e. The van der Waals surface area contributed by atoms with E-state index in [0.717, 1.165) is 32.1 Å². The highest BCUT2D eigenvalue weighted by Gasteiger charge is 2.39. The summed E-state index contributed by atoms with van der Waals surface area (Å²) in [4.78, 5) is 24.2. The highest BCUT2D eigenvalue weighted by molar-refractivity contribution is 5.99. The number of esters is 2. The Morgan fingerprint density at radius 3 is 1.33 bits per heavy atom. The molecule has 0 amide bonds. The van der Waals surface area contributed by atoms with Gasteiger partial charge in [0.25, 0.3) is 0 Å². The Bertz CT molecular complexity index is 337. The Morgan fingerprint density at radius 2 is 0.958 bits per heavy atom. The molecule has 0 spiro atoms. The SMILES string of the molecule is CCCCCCCCOC(=O)C(C)(C)C(=O)OCCCCCCC. The molecule has 4 heteroatoms. The van der Waals surface area contributed by atoms with Crippen molar-refractivity contribution in [1.82, 2.24) is 0 Å². The maximum atomic E-state index is 12.1. The van der Waals surface area contributed by atoms with Crippen LogP contribution in [0.4, 0.5) is 0 Å². The minimum absolute atomic E-state index is 0.386. The molecule has 0 heterocycles. The van der Waals surface area contributed by atoms with Gasteiger partial charge in [0, 0.05) is 0 Å². The van der Waals surface area contributed by atoms with Crippen LogP contribution in [0.3, 0.4) is 0 Å². The van der Waals surface area contributed by atoms with Crippen molar-refractivity contribution in [3.05, 3.63) is 0 Å². The predicted molar refractivity (Wildman–Crippen MR) is 97.8 cm³/mol. The normalized spacial score (nSPS) is 11.3. The van der Waals surface area contributed by atoms with Gasteiger partial charge in [0.15, 0.2) is 5.41 Å². The Labute approximate surface area is 148 Å². The lowest BCUT2D eigenvalue weighted by Gasteiger charge is -2.20. The second-order valence-electron chi connectivity index (χ2n) is 7.08. The minimum Gasteiger partial charge on any atom is -0.465 e. The first-order valence-corrected chi connectivity index (χ1v) is 9.81. The number of rotatable bonds is 15. The van der Waals surface area contributed by atoms with E-state index in [9.17, 15) is 9.59 Å². The number of carbonyl (C=O) groups excluding carboxylic acids is 2. The molecule has 0 aromatic rings. The minimum atomic E-state index is -1.22. The van der Waals surface area contributed by atoms with Gasteiger partial charge in [0.05, 0.1) is 13.2 Å². The summed E-state index contributed by atoms with van der Waals surface area (Å²) < 4.78 is 10.5. The van der Waals surface area contributed by atoms with Crippen LogP contribution in [0.1, 0.15) is 98.3 Å². The Hall–Kier alpha value is -1.06. The number of hydrogen-bond acceptors (Lipinski definition) is 4. The van der Waals surface area contributed by atoms with Gasteiger partial charge in [0.2, 0.25) is 0 Å². The fourth-order valence-electron chi connectivity index (χ4n) is 2.36. The number of ether oxygens (including phenoxy) is 2. The van der Waals surface area contributed by atoms with Gasteiger partial charge in [-0.2, -0.15) is 0 Å². The van der Waals surface area contributed by atoms with E-state index >= 15 is 0 Å². The second kappa shape index (κ2) is 14.3. The van der Waals surface area contributed by atoms with E-state index in [1.54, 1.807) is 13.8 Å². The van der Waals surface area contributed by atoms with E-state index in [0.29, 0.717) is 13.2 Å². The Morgan fingerprint density at radius 1 is 0.625 bits per heavy atom. The van der Waals surface area contributed by atoms with Gasteiger partial charge in [-0.1, -0.05) is 71.6 Å². The largest absolute Gasteiger partial charge is 0.465 e. The first-order chi connectivity index (χ1) is 11.5. The Balaban J connectivity index is 3.85. The van der Waals surface area contributed by atoms with Crippen LogP contribution in [-0.4, -0.2) is 25.2 Å². The van der Waals surface area contributed by atoms with Gasteiger partial charge in [0.1, 0.15) is 0 Å². The van der Waals surface area contributed by atoms with Crippen LogP contribution in [0.15, 0.2) is 0 Å². The molecule has 0 atom stereocenters. The van der Waals surface area contributed by atoms with Crippen molar-refractivity contribution in [2.24, 2.45) is 5.41 Å². The maximum absolute atomic E-state index is 12.1. The van der Waals surface area contributed by atoms with Crippen LogP contribution < -0.4 is 0 Å². The van der Waals surface area contributed by atoms with Crippen molar-refractivity contribution in [3.8, 4) is 0 Å². The average molecular weight is 343 g/mol. The molecule has 0 rings (SSSR count). The summed E-state index contributed by atoms with van der Waals surface area (Å²) in [5.74, 6) is -0.960. The summed E-state index contributed by atoms with van der Waals surface area (Å²) in [5, 5.41) is 0. The number of unbranched alkanes of at least 4 members (excludes halogenated alkanes) is 9. The molecule has 0 aromatic heterocycles. The lowest BCUT2D eigenvalue weighted by Crippen LogP contribution is -2.37.